The molecule has 174 valence electrons. The maximum absolute atomic E-state index is 12.8. The standard InChI is InChI=1S/C19H26F3N9O/c1-8(2)13-15(32)26-12-9(3)23-17(27-14(12)30(13)4)24-10-6-11(7-10)25-18-28-16(19(20,21)22)29-31(18)5/h8,10-11,13H,6-7H2,1-5H3,(H,26,32)(H,23,24,27)(H,25,28,29)/t10?,11?,13-/m0/s1. The van der Waals surface area contributed by atoms with Crippen LogP contribution in [0, 0.1) is 12.8 Å². The van der Waals surface area contributed by atoms with E-state index in [1.165, 1.54) is 7.05 Å². The molecule has 0 aromatic carbocycles. The molecule has 1 atom stereocenters. The van der Waals surface area contributed by atoms with E-state index in [1.807, 2.05) is 32.7 Å². The van der Waals surface area contributed by atoms with Crippen molar-refractivity contribution in [1.29, 1.82) is 0 Å². The van der Waals surface area contributed by atoms with Crippen LogP contribution >= 0.6 is 0 Å². The molecule has 3 heterocycles. The number of halogens is 3. The van der Waals surface area contributed by atoms with E-state index in [2.05, 4.69) is 36.0 Å². The highest BCUT2D eigenvalue weighted by Crippen LogP contribution is 2.35. The predicted octanol–water partition coefficient (Wildman–Crippen LogP) is 2.40. The minimum Gasteiger partial charge on any atom is -0.352 e. The summed E-state index contributed by atoms with van der Waals surface area (Å²) in [4.78, 5) is 26.9. The Kier molecular flexibility index (Phi) is 5.37. The molecule has 32 heavy (non-hydrogen) atoms. The summed E-state index contributed by atoms with van der Waals surface area (Å²) in [7, 11) is 3.26. The topological polar surface area (TPSA) is 113 Å². The van der Waals surface area contributed by atoms with Crippen LogP contribution < -0.4 is 20.9 Å². The number of carbonyl (C=O) groups is 1. The lowest BCUT2D eigenvalue weighted by Gasteiger charge is -2.38. The highest BCUT2D eigenvalue weighted by atomic mass is 19.4. The molecule has 3 N–H and O–H groups in total. The predicted molar refractivity (Wildman–Crippen MR) is 112 cm³/mol. The van der Waals surface area contributed by atoms with Crippen LogP contribution in [0.25, 0.3) is 0 Å². The van der Waals surface area contributed by atoms with E-state index < -0.39 is 12.0 Å². The summed E-state index contributed by atoms with van der Waals surface area (Å²) >= 11 is 0. The van der Waals surface area contributed by atoms with Crippen LogP contribution in [0.15, 0.2) is 0 Å². The summed E-state index contributed by atoms with van der Waals surface area (Å²) in [5.41, 5.74) is 1.27. The minimum atomic E-state index is -4.58. The van der Waals surface area contributed by atoms with Crippen LogP contribution in [0.3, 0.4) is 0 Å². The number of nitrogens with zero attached hydrogens (tertiary/aromatic N) is 6. The first-order chi connectivity index (χ1) is 14.9. The normalized spacial score (nSPS) is 23.0. The fourth-order valence-corrected chi connectivity index (χ4v) is 4.13. The van der Waals surface area contributed by atoms with Gasteiger partial charge in [-0.1, -0.05) is 13.8 Å². The van der Waals surface area contributed by atoms with Crippen LogP contribution in [0.4, 0.5) is 36.6 Å². The van der Waals surface area contributed by atoms with Crippen molar-refractivity contribution in [1.82, 2.24) is 24.7 Å². The van der Waals surface area contributed by atoms with Crippen LogP contribution in [-0.4, -0.2) is 55.8 Å². The third-order valence-electron chi connectivity index (χ3n) is 5.79. The third-order valence-corrected chi connectivity index (χ3v) is 5.79. The number of rotatable bonds is 5. The number of carbonyl (C=O) groups excluding carboxylic acids is 1. The molecular weight excluding hydrogens is 427 g/mol. The molecule has 13 heteroatoms. The largest absolute Gasteiger partial charge is 0.453 e. The van der Waals surface area contributed by atoms with Gasteiger partial charge in [-0.3, -0.25) is 4.79 Å². The van der Waals surface area contributed by atoms with E-state index >= 15 is 0 Å². The molecule has 1 fully saturated rings. The van der Waals surface area contributed by atoms with Crippen molar-refractivity contribution in [3.63, 3.8) is 0 Å². The van der Waals surface area contributed by atoms with Gasteiger partial charge in [0.1, 0.15) is 11.7 Å². The van der Waals surface area contributed by atoms with Crippen LogP contribution in [0.2, 0.25) is 0 Å². The number of anilines is 4. The van der Waals surface area contributed by atoms with E-state index in [9.17, 15) is 18.0 Å². The third kappa shape index (κ3) is 4.02. The number of aryl methyl sites for hydroxylation is 2. The Balaban J connectivity index is 1.40. The van der Waals surface area contributed by atoms with E-state index in [0.717, 1.165) is 4.68 Å². The number of fused-ring (bicyclic) bond motifs is 1. The molecule has 1 amide bonds. The zero-order chi connectivity index (χ0) is 23.4. The minimum absolute atomic E-state index is 0.0394. The maximum Gasteiger partial charge on any atom is 0.453 e. The number of hydrogen-bond donors (Lipinski definition) is 3. The van der Waals surface area contributed by atoms with Crippen molar-refractivity contribution in [3.8, 4) is 0 Å². The molecular formula is C19H26F3N9O. The molecule has 0 unspecified atom stereocenters. The SMILES string of the molecule is Cc1nc(NC2CC(Nc3nc(C(F)(F)F)nn3C)C2)nc2c1NC(=O)[C@H](C(C)C)N2C. The Morgan fingerprint density at radius 1 is 1.09 bits per heavy atom. The van der Waals surface area contributed by atoms with Gasteiger partial charge in [0.25, 0.3) is 5.82 Å². The van der Waals surface area contributed by atoms with E-state index in [-0.39, 0.29) is 35.9 Å². The molecule has 1 aliphatic heterocycles. The summed E-state index contributed by atoms with van der Waals surface area (Å²) in [6.45, 7) is 5.78. The van der Waals surface area contributed by atoms with Gasteiger partial charge in [-0.05, 0) is 25.7 Å². The van der Waals surface area contributed by atoms with E-state index in [0.29, 0.717) is 36.0 Å². The average Bonchev–Trinajstić information content (AvgIpc) is 3.02. The summed E-state index contributed by atoms with van der Waals surface area (Å²) in [5, 5.41) is 12.6. The first kappa shape index (κ1) is 22.1. The highest BCUT2D eigenvalue weighted by Gasteiger charge is 2.38. The lowest BCUT2D eigenvalue weighted by molar-refractivity contribution is -0.144. The maximum atomic E-state index is 12.8. The Labute approximate surface area is 183 Å². The van der Waals surface area contributed by atoms with Crippen molar-refractivity contribution in [2.45, 2.75) is 57.9 Å². The van der Waals surface area contributed by atoms with Crippen LogP contribution in [0.5, 0.6) is 0 Å². The Hall–Kier alpha value is -3.12. The number of alkyl halides is 3. The lowest BCUT2D eigenvalue weighted by Crippen LogP contribution is -2.50. The van der Waals surface area contributed by atoms with Crippen molar-refractivity contribution in [2.75, 3.05) is 27.9 Å². The van der Waals surface area contributed by atoms with Gasteiger partial charge >= 0.3 is 6.18 Å². The number of amides is 1. The van der Waals surface area contributed by atoms with Gasteiger partial charge < -0.3 is 20.9 Å². The second-order valence-corrected chi connectivity index (χ2v) is 8.65. The van der Waals surface area contributed by atoms with Crippen molar-refractivity contribution in [3.05, 3.63) is 11.5 Å². The molecule has 2 aromatic rings. The van der Waals surface area contributed by atoms with Gasteiger partial charge in [-0.2, -0.15) is 23.1 Å². The molecule has 2 aromatic heterocycles. The van der Waals surface area contributed by atoms with Gasteiger partial charge in [-0.15, -0.1) is 5.10 Å². The Bertz CT molecular complexity index is 1030. The van der Waals surface area contributed by atoms with Crippen LogP contribution in [-0.2, 0) is 18.0 Å². The van der Waals surface area contributed by atoms with Gasteiger partial charge in [0.15, 0.2) is 5.82 Å². The Morgan fingerprint density at radius 3 is 2.34 bits per heavy atom. The molecule has 0 saturated heterocycles. The molecule has 1 aliphatic carbocycles. The Morgan fingerprint density at radius 2 is 1.75 bits per heavy atom. The van der Waals surface area contributed by atoms with Crippen molar-refractivity contribution >= 4 is 29.3 Å². The number of aromatic nitrogens is 5. The van der Waals surface area contributed by atoms with Gasteiger partial charge in [0.05, 0.1) is 5.69 Å². The number of likely N-dealkylation sites (N-methyl/N-ethyl adjacent to an activating group) is 1. The fourth-order valence-electron chi connectivity index (χ4n) is 4.13. The van der Waals surface area contributed by atoms with Crippen LogP contribution in [0.1, 0.15) is 38.2 Å². The van der Waals surface area contributed by atoms with E-state index in [1.54, 1.807) is 0 Å². The second kappa shape index (κ2) is 7.78. The van der Waals surface area contributed by atoms with Gasteiger partial charge in [0.2, 0.25) is 17.8 Å². The number of nitrogens with one attached hydrogen (secondary N) is 3. The quantitative estimate of drug-likeness (QED) is 0.633. The highest BCUT2D eigenvalue weighted by molar-refractivity contribution is 6.03. The first-order valence-electron chi connectivity index (χ1n) is 10.4. The van der Waals surface area contributed by atoms with Gasteiger partial charge in [0, 0.05) is 26.2 Å². The van der Waals surface area contributed by atoms with E-state index in [4.69, 9.17) is 0 Å². The van der Waals surface area contributed by atoms with Crippen molar-refractivity contribution < 1.29 is 18.0 Å². The first-order valence-corrected chi connectivity index (χ1v) is 10.4. The van der Waals surface area contributed by atoms with Crippen molar-refractivity contribution in [2.24, 2.45) is 13.0 Å². The summed E-state index contributed by atoms with van der Waals surface area (Å²) in [5.74, 6) is 0.0629. The van der Waals surface area contributed by atoms with Gasteiger partial charge in [-0.25, -0.2) is 9.67 Å². The fraction of sp³-hybridized carbons (Fsp3) is 0.632. The summed E-state index contributed by atoms with van der Waals surface area (Å²) < 4.78 is 39.4. The molecule has 1 saturated carbocycles. The second-order valence-electron chi connectivity index (χ2n) is 8.65. The molecule has 2 aliphatic rings. The average molecular weight is 453 g/mol. The molecule has 0 radical (unpaired) electrons. The summed E-state index contributed by atoms with van der Waals surface area (Å²) in [6.07, 6.45) is -3.26. The smallest absolute Gasteiger partial charge is 0.352 e. The molecule has 0 spiro atoms. The molecule has 0 bridgehead atoms. The lowest BCUT2D eigenvalue weighted by atomic mass is 9.87. The molecule has 4 rings (SSSR count). The zero-order valence-electron chi connectivity index (χ0n) is 18.4. The summed E-state index contributed by atoms with van der Waals surface area (Å²) in [6, 6.07) is -0.304. The zero-order valence-corrected chi connectivity index (χ0v) is 18.4. The number of hydrogen-bond acceptors (Lipinski definition) is 8. The monoisotopic (exact) mass is 453 g/mol. The molecule has 10 nitrogen and oxygen atoms in total.